The average molecular weight is 391 g/mol. The highest BCUT2D eigenvalue weighted by atomic mass is 32.1. The van der Waals surface area contributed by atoms with Crippen LogP contribution in [-0.4, -0.2) is 37.8 Å². The molecule has 0 bridgehead atoms. The normalized spacial score (nSPS) is 17.3. The summed E-state index contributed by atoms with van der Waals surface area (Å²) in [4.78, 5) is 18.4. The van der Waals surface area contributed by atoms with Gasteiger partial charge >= 0.3 is 0 Å². The van der Waals surface area contributed by atoms with E-state index in [0.717, 1.165) is 41.5 Å². The van der Waals surface area contributed by atoms with Gasteiger partial charge in [0.05, 0.1) is 5.39 Å². The molecule has 1 aliphatic heterocycles. The number of anilines is 1. The molecule has 7 heteroatoms. The van der Waals surface area contributed by atoms with E-state index in [9.17, 15) is 0 Å². The van der Waals surface area contributed by atoms with Crippen LogP contribution in [0.2, 0.25) is 0 Å². The van der Waals surface area contributed by atoms with Crippen molar-refractivity contribution in [1.82, 2.24) is 24.7 Å². The molecule has 0 radical (unpaired) electrons. The molecule has 4 heterocycles. The van der Waals surface area contributed by atoms with Crippen molar-refractivity contribution in [3.63, 3.8) is 0 Å². The fourth-order valence-corrected chi connectivity index (χ4v) is 5.07. The predicted octanol–water partition coefficient (Wildman–Crippen LogP) is 4.17. The van der Waals surface area contributed by atoms with Crippen LogP contribution in [0.4, 0.5) is 5.82 Å². The van der Waals surface area contributed by atoms with Gasteiger partial charge in [0.25, 0.3) is 0 Å². The van der Waals surface area contributed by atoms with Gasteiger partial charge in [0, 0.05) is 24.5 Å². The monoisotopic (exact) mass is 390 g/mol. The van der Waals surface area contributed by atoms with Crippen molar-refractivity contribution in [3.8, 4) is 10.4 Å². The minimum Gasteiger partial charge on any atom is -0.356 e. The Labute approximate surface area is 167 Å². The van der Waals surface area contributed by atoms with Gasteiger partial charge in [-0.1, -0.05) is 30.3 Å². The lowest BCUT2D eigenvalue weighted by molar-refractivity contribution is 0.350. The lowest BCUT2D eigenvalue weighted by atomic mass is 9.98. The Morgan fingerprint density at radius 1 is 1.18 bits per heavy atom. The van der Waals surface area contributed by atoms with E-state index in [1.165, 1.54) is 23.3 Å². The molecule has 6 nitrogen and oxygen atoms in total. The van der Waals surface area contributed by atoms with Crippen LogP contribution in [0.5, 0.6) is 0 Å². The Morgan fingerprint density at radius 2 is 2.07 bits per heavy atom. The van der Waals surface area contributed by atoms with Crippen molar-refractivity contribution in [3.05, 3.63) is 54.9 Å². The van der Waals surface area contributed by atoms with Crippen molar-refractivity contribution in [2.45, 2.75) is 26.3 Å². The summed E-state index contributed by atoms with van der Waals surface area (Å²) in [6, 6.07) is 12.8. The van der Waals surface area contributed by atoms with E-state index in [1.807, 2.05) is 11.6 Å². The van der Waals surface area contributed by atoms with E-state index in [0.29, 0.717) is 5.92 Å². The first-order valence-corrected chi connectivity index (χ1v) is 10.5. The maximum Gasteiger partial charge on any atom is 0.141 e. The minimum absolute atomic E-state index is 0.549. The lowest BCUT2D eigenvalue weighted by Gasteiger charge is -2.33. The molecule has 1 aliphatic rings. The first-order chi connectivity index (χ1) is 13.8. The van der Waals surface area contributed by atoms with Gasteiger partial charge in [-0.25, -0.2) is 15.0 Å². The predicted molar refractivity (Wildman–Crippen MR) is 113 cm³/mol. The molecule has 1 fully saturated rings. The molecule has 0 spiro atoms. The average Bonchev–Trinajstić information content (AvgIpc) is 3.38. The Hall–Kier alpha value is -2.80. The highest BCUT2D eigenvalue weighted by Gasteiger charge is 2.24. The molecule has 5 rings (SSSR count). The van der Waals surface area contributed by atoms with E-state index >= 15 is 0 Å². The fraction of sp³-hybridized carbons (Fsp3) is 0.333. The van der Waals surface area contributed by atoms with Gasteiger partial charge in [0.1, 0.15) is 29.1 Å². The zero-order valence-corrected chi connectivity index (χ0v) is 16.6. The van der Waals surface area contributed by atoms with Crippen molar-refractivity contribution < 1.29 is 0 Å². The zero-order valence-electron chi connectivity index (χ0n) is 15.8. The Morgan fingerprint density at radius 3 is 2.89 bits per heavy atom. The van der Waals surface area contributed by atoms with Crippen LogP contribution >= 0.6 is 11.3 Å². The van der Waals surface area contributed by atoms with Crippen LogP contribution in [0, 0.1) is 12.8 Å². The second-order valence-electron chi connectivity index (χ2n) is 7.36. The highest BCUT2D eigenvalue weighted by molar-refractivity contribution is 7.21. The summed E-state index contributed by atoms with van der Waals surface area (Å²) in [7, 11) is 0. The van der Waals surface area contributed by atoms with Gasteiger partial charge in [-0.2, -0.15) is 5.10 Å². The van der Waals surface area contributed by atoms with E-state index in [2.05, 4.69) is 51.4 Å². The van der Waals surface area contributed by atoms with Gasteiger partial charge in [0.15, 0.2) is 0 Å². The molecule has 1 saturated heterocycles. The molecule has 4 aromatic rings. The third-order valence-electron chi connectivity index (χ3n) is 5.27. The van der Waals surface area contributed by atoms with Crippen molar-refractivity contribution >= 4 is 27.4 Å². The Kier molecular flexibility index (Phi) is 4.52. The van der Waals surface area contributed by atoms with Crippen molar-refractivity contribution in [2.24, 2.45) is 5.92 Å². The number of nitrogens with zero attached hydrogens (tertiary/aromatic N) is 6. The van der Waals surface area contributed by atoms with Crippen molar-refractivity contribution in [2.75, 3.05) is 18.0 Å². The summed E-state index contributed by atoms with van der Waals surface area (Å²) >= 11 is 1.75. The second-order valence-corrected chi connectivity index (χ2v) is 8.39. The number of benzene rings is 1. The molecule has 3 aromatic heterocycles. The molecule has 0 amide bonds. The largest absolute Gasteiger partial charge is 0.356 e. The molecule has 0 saturated carbocycles. The highest BCUT2D eigenvalue weighted by Crippen LogP contribution is 2.37. The standard InChI is InChI=1S/C21H22N6S/c1-15-24-20(26-9-5-6-16(11-26)12-27-14-22-13-23-27)18-10-19(28-21(18)25-15)17-7-3-2-4-8-17/h2-4,7-8,10,13-14,16H,5-6,9,11-12H2,1H3. The molecule has 1 aromatic carbocycles. The summed E-state index contributed by atoms with van der Waals surface area (Å²) < 4.78 is 1.94. The maximum absolute atomic E-state index is 4.85. The molecule has 0 N–H and O–H groups in total. The van der Waals surface area contributed by atoms with Crippen molar-refractivity contribution in [1.29, 1.82) is 0 Å². The van der Waals surface area contributed by atoms with Gasteiger partial charge < -0.3 is 4.90 Å². The molecule has 1 atom stereocenters. The molecule has 28 heavy (non-hydrogen) atoms. The zero-order chi connectivity index (χ0) is 18.9. The Bertz CT molecular complexity index is 1070. The number of thiophene rings is 1. The first kappa shape index (κ1) is 17.3. The summed E-state index contributed by atoms with van der Waals surface area (Å²) in [5, 5.41) is 5.43. The van der Waals surface area contributed by atoms with Gasteiger partial charge in [-0.3, -0.25) is 4.68 Å². The first-order valence-electron chi connectivity index (χ1n) is 9.67. The van der Waals surface area contributed by atoms with Gasteiger partial charge in [-0.05, 0) is 37.3 Å². The van der Waals surface area contributed by atoms with Crippen LogP contribution in [0.15, 0.2) is 49.1 Å². The molecule has 1 unspecified atom stereocenters. The molecule has 142 valence electrons. The fourth-order valence-electron chi connectivity index (χ4n) is 3.99. The topological polar surface area (TPSA) is 59.7 Å². The van der Waals surface area contributed by atoms with E-state index < -0.39 is 0 Å². The van der Waals surface area contributed by atoms with Crippen LogP contribution < -0.4 is 4.90 Å². The SMILES string of the molecule is Cc1nc(N2CCCC(Cn3cncn3)C2)c2cc(-c3ccccc3)sc2n1. The van der Waals surface area contributed by atoms with Crippen LogP contribution in [0.1, 0.15) is 18.7 Å². The number of aryl methyl sites for hydroxylation is 1. The number of rotatable bonds is 4. The molecular formula is C21H22N6S. The van der Waals surface area contributed by atoms with Crippen LogP contribution in [0.3, 0.4) is 0 Å². The summed E-state index contributed by atoms with van der Waals surface area (Å²) in [5.74, 6) is 2.46. The minimum atomic E-state index is 0.549. The van der Waals surface area contributed by atoms with Crippen LogP contribution in [-0.2, 0) is 6.54 Å². The number of aromatic nitrogens is 5. The summed E-state index contributed by atoms with van der Waals surface area (Å²) in [5.41, 5.74) is 1.23. The number of piperidine rings is 1. The number of hydrogen-bond donors (Lipinski definition) is 0. The maximum atomic E-state index is 4.85. The van der Waals surface area contributed by atoms with Gasteiger partial charge in [-0.15, -0.1) is 11.3 Å². The Balaban J connectivity index is 1.48. The second kappa shape index (κ2) is 7.31. The van der Waals surface area contributed by atoms with Gasteiger partial charge in [0.2, 0.25) is 0 Å². The lowest BCUT2D eigenvalue weighted by Crippen LogP contribution is -2.37. The number of hydrogen-bond acceptors (Lipinski definition) is 6. The van der Waals surface area contributed by atoms with Crippen LogP contribution in [0.25, 0.3) is 20.7 Å². The summed E-state index contributed by atoms with van der Waals surface area (Å²) in [6.07, 6.45) is 5.79. The van der Waals surface area contributed by atoms with E-state index in [-0.39, 0.29) is 0 Å². The number of fused-ring (bicyclic) bond motifs is 1. The summed E-state index contributed by atoms with van der Waals surface area (Å²) in [6.45, 7) is 4.92. The smallest absolute Gasteiger partial charge is 0.141 e. The molecule has 0 aliphatic carbocycles. The third-order valence-corrected chi connectivity index (χ3v) is 6.35. The van der Waals surface area contributed by atoms with E-state index in [1.54, 1.807) is 24.0 Å². The molecular weight excluding hydrogens is 368 g/mol. The van der Waals surface area contributed by atoms with E-state index in [4.69, 9.17) is 9.97 Å². The quantitative estimate of drug-likeness (QED) is 0.523. The third kappa shape index (κ3) is 3.38.